The number of nitriles is 1. The Bertz CT molecular complexity index is 707. The van der Waals surface area contributed by atoms with E-state index in [0.29, 0.717) is 30.3 Å². The molecule has 0 aromatic carbocycles. The molecule has 0 fully saturated rings. The van der Waals surface area contributed by atoms with Gasteiger partial charge in [-0.1, -0.05) is 18.7 Å². The highest BCUT2D eigenvalue weighted by molar-refractivity contribution is 8.06. The van der Waals surface area contributed by atoms with Crippen molar-refractivity contribution in [2.45, 2.75) is 26.7 Å². The normalized spacial score (nSPS) is 15.1. The third-order valence-corrected chi connectivity index (χ3v) is 4.18. The second kappa shape index (κ2) is 8.93. The Morgan fingerprint density at radius 3 is 2.96 bits per heavy atom. The molecular weight excluding hydrogens is 324 g/mol. The van der Waals surface area contributed by atoms with E-state index in [4.69, 9.17) is 0 Å². The van der Waals surface area contributed by atoms with Crippen molar-refractivity contribution in [1.82, 2.24) is 20.6 Å². The van der Waals surface area contributed by atoms with E-state index in [9.17, 15) is 10.1 Å². The Labute approximate surface area is 145 Å². The van der Waals surface area contributed by atoms with Gasteiger partial charge in [0.1, 0.15) is 11.6 Å². The van der Waals surface area contributed by atoms with Crippen LogP contribution in [0.15, 0.2) is 28.4 Å². The van der Waals surface area contributed by atoms with Gasteiger partial charge in [-0.3, -0.25) is 4.79 Å². The van der Waals surface area contributed by atoms with E-state index in [1.165, 1.54) is 18.7 Å². The number of carbonyl (C=O) groups is 1. The van der Waals surface area contributed by atoms with Crippen LogP contribution < -0.4 is 16.0 Å². The zero-order chi connectivity index (χ0) is 17.4. The van der Waals surface area contributed by atoms with E-state index in [2.05, 4.69) is 38.9 Å². The second-order valence-corrected chi connectivity index (χ2v) is 5.96. The Hall–Kier alpha value is -2.53. The molecule has 0 radical (unpaired) electrons. The second-order valence-electron chi connectivity index (χ2n) is 5.08. The summed E-state index contributed by atoms with van der Waals surface area (Å²) in [7, 11) is 0. The molecule has 1 aliphatic heterocycles. The average Bonchev–Trinajstić information content (AvgIpc) is 3.04. The van der Waals surface area contributed by atoms with Gasteiger partial charge in [-0.15, -0.1) is 0 Å². The fourth-order valence-electron chi connectivity index (χ4n) is 1.99. The molecule has 1 aromatic rings. The van der Waals surface area contributed by atoms with Gasteiger partial charge in [0.05, 0.1) is 10.7 Å². The van der Waals surface area contributed by atoms with Crippen molar-refractivity contribution in [3.63, 3.8) is 0 Å². The molecule has 0 spiro atoms. The van der Waals surface area contributed by atoms with Crippen molar-refractivity contribution in [1.29, 1.82) is 5.26 Å². The number of nitrogens with zero attached hydrogens (tertiary/aromatic N) is 3. The molecule has 0 unspecified atom stereocenters. The number of amides is 1. The molecule has 0 aliphatic carbocycles. The highest BCUT2D eigenvalue weighted by atomic mass is 32.2. The molecule has 1 aromatic heterocycles. The van der Waals surface area contributed by atoms with E-state index in [0.717, 1.165) is 23.6 Å². The van der Waals surface area contributed by atoms with Crippen molar-refractivity contribution in [3.8, 4) is 6.07 Å². The predicted molar refractivity (Wildman–Crippen MR) is 95.5 cm³/mol. The van der Waals surface area contributed by atoms with Crippen LogP contribution in [0, 0.1) is 11.3 Å². The van der Waals surface area contributed by atoms with Gasteiger partial charge in [0.15, 0.2) is 0 Å². The fourth-order valence-corrected chi connectivity index (χ4v) is 2.93. The first-order valence-electron chi connectivity index (χ1n) is 7.73. The van der Waals surface area contributed by atoms with Gasteiger partial charge < -0.3 is 16.0 Å². The first-order valence-corrected chi connectivity index (χ1v) is 8.60. The van der Waals surface area contributed by atoms with E-state index < -0.39 is 0 Å². The quantitative estimate of drug-likeness (QED) is 0.514. The molecule has 2 rings (SSSR count). The minimum Gasteiger partial charge on any atom is -0.356 e. The molecule has 8 heteroatoms. The zero-order valence-corrected chi connectivity index (χ0v) is 14.5. The monoisotopic (exact) mass is 344 g/mol. The van der Waals surface area contributed by atoms with Crippen molar-refractivity contribution in [2.24, 2.45) is 0 Å². The summed E-state index contributed by atoms with van der Waals surface area (Å²) in [4.78, 5) is 19.4. The van der Waals surface area contributed by atoms with E-state index in [-0.39, 0.29) is 5.91 Å². The molecule has 0 saturated carbocycles. The van der Waals surface area contributed by atoms with E-state index >= 15 is 0 Å². The van der Waals surface area contributed by atoms with E-state index in [1.807, 2.05) is 5.41 Å². The summed E-state index contributed by atoms with van der Waals surface area (Å²) in [6, 6.07) is 3.94. The van der Waals surface area contributed by atoms with Crippen LogP contribution in [-0.2, 0) is 4.79 Å². The maximum absolute atomic E-state index is 10.8. The number of carbonyl (C=O) groups excluding carboxylic acids is 1. The highest BCUT2D eigenvalue weighted by Crippen LogP contribution is 2.31. The number of anilines is 1. The first kappa shape index (κ1) is 17.8. The minimum absolute atomic E-state index is 0.0415. The molecule has 1 aliphatic rings. The van der Waals surface area contributed by atoms with Gasteiger partial charge in [0.25, 0.3) is 0 Å². The zero-order valence-electron chi connectivity index (χ0n) is 13.7. The third kappa shape index (κ3) is 4.99. The molecule has 7 nitrogen and oxygen atoms in total. The Morgan fingerprint density at radius 1 is 1.46 bits per heavy atom. The van der Waals surface area contributed by atoms with Crippen LogP contribution in [0.4, 0.5) is 5.95 Å². The lowest BCUT2D eigenvalue weighted by molar-refractivity contribution is -0.118. The van der Waals surface area contributed by atoms with Gasteiger partial charge >= 0.3 is 0 Å². The van der Waals surface area contributed by atoms with Crippen molar-refractivity contribution in [3.05, 3.63) is 34.1 Å². The number of rotatable bonds is 7. The SMILES string of the molecule is CCC1=CS/C(=C(/C#N)c2ccnc(NCCCNC(C)=O)n2)N1. The largest absolute Gasteiger partial charge is 0.356 e. The maximum atomic E-state index is 10.8. The first-order chi connectivity index (χ1) is 11.6. The summed E-state index contributed by atoms with van der Waals surface area (Å²) in [5.74, 6) is 0.426. The molecule has 3 N–H and O–H groups in total. The van der Waals surface area contributed by atoms with Crippen LogP contribution in [0.5, 0.6) is 0 Å². The molecule has 0 saturated heterocycles. The summed E-state index contributed by atoms with van der Waals surface area (Å²) in [5, 5.41) is 21.4. The van der Waals surface area contributed by atoms with Crippen LogP contribution in [-0.4, -0.2) is 29.0 Å². The fraction of sp³-hybridized carbons (Fsp3) is 0.375. The van der Waals surface area contributed by atoms with Crippen LogP contribution in [0.2, 0.25) is 0 Å². The number of hydrogen-bond acceptors (Lipinski definition) is 7. The molecule has 2 heterocycles. The van der Waals surface area contributed by atoms with Crippen LogP contribution in [0.3, 0.4) is 0 Å². The highest BCUT2D eigenvalue weighted by Gasteiger charge is 2.16. The predicted octanol–water partition coefficient (Wildman–Crippen LogP) is 2.19. The van der Waals surface area contributed by atoms with Crippen LogP contribution in [0.1, 0.15) is 32.4 Å². The maximum Gasteiger partial charge on any atom is 0.223 e. The van der Waals surface area contributed by atoms with Crippen molar-refractivity contribution in [2.75, 3.05) is 18.4 Å². The molecule has 0 atom stereocenters. The smallest absolute Gasteiger partial charge is 0.223 e. The number of allylic oxidation sites excluding steroid dienone is 2. The Balaban J connectivity index is 2.00. The van der Waals surface area contributed by atoms with Gasteiger partial charge in [0.2, 0.25) is 11.9 Å². The van der Waals surface area contributed by atoms with Gasteiger partial charge in [-0.25, -0.2) is 9.97 Å². The summed E-state index contributed by atoms with van der Waals surface area (Å²) in [6.07, 6.45) is 3.28. The third-order valence-electron chi connectivity index (χ3n) is 3.24. The minimum atomic E-state index is -0.0415. The summed E-state index contributed by atoms with van der Waals surface area (Å²) >= 11 is 1.50. The summed E-state index contributed by atoms with van der Waals surface area (Å²) in [5.41, 5.74) is 2.18. The number of thioether (sulfide) groups is 1. The molecule has 24 heavy (non-hydrogen) atoms. The molecule has 1 amide bonds. The van der Waals surface area contributed by atoms with Gasteiger partial charge in [-0.05, 0) is 24.3 Å². The molecular formula is C16H20N6OS. The summed E-state index contributed by atoms with van der Waals surface area (Å²) < 4.78 is 0. The summed E-state index contributed by atoms with van der Waals surface area (Å²) in [6.45, 7) is 4.78. The van der Waals surface area contributed by atoms with Gasteiger partial charge in [-0.2, -0.15) is 5.26 Å². The lowest BCUT2D eigenvalue weighted by Crippen LogP contribution is -2.23. The van der Waals surface area contributed by atoms with E-state index in [1.54, 1.807) is 12.3 Å². The molecule has 0 bridgehead atoms. The topological polar surface area (TPSA) is 103 Å². The van der Waals surface area contributed by atoms with Gasteiger partial charge in [0, 0.05) is 31.9 Å². The Kier molecular flexibility index (Phi) is 6.63. The van der Waals surface area contributed by atoms with Crippen LogP contribution in [0.25, 0.3) is 5.57 Å². The number of aromatic nitrogens is 2. The van der Waals surface area contributed by atoms with Crippen LogP contribution >= 0.6 is 11.8 Å². The Morgan fingerprint density at radius 2 is 2.29 bits per heavy atom. The standard InChI is InChI=1S/C16H20N6OS/c1-3-12-10-24-15(21-12)13(9-17)14-5-8-20-16(22-14)19-7-4-6-18-11(2)23/h5,8,10,21H,3-4,6-7H2,1-2H3,(H,18,23)(H,19,20,22)/b15-13-. The number of hydrogen-bond donors (Lipinski definition) is 3. The van der Waals surface area contributed by atoms with Crippen molar-refractivity contribution < 1.29 is 4.79 Å². The van der Waals surface area contributed by atoms with Crippen molar-refractivity contribution >= 4 is 29.2 Å². The lowest BCUT2D eigenvalue weighted by atomic mass is 10.2. The molecule has 126 valence electrons. The lowest BCUT2D eigenvalue weighted by Gasteiger charge is -2.08. The average molecular weight is 344 g/mol. The number of nitrogens with one attached hydrogen (secondary N) is 3.